The highest BCUT2D eigenvalue weighted by Gasteiger charge is 2.10. The van der Waals surface area contributed by atoms with Gasteiger partial charge in [0.05, 0.1) is 17.8 Å². The Labute approximate surface area is 175 Å². The zero-order chi connectivity index (χ0) is 19.4. The van der Waals surface area contributed by atoms with Crippen LogP contribution in [0.4, 0.5) is 0 Å². The summed E-state index contributed by atoms with van der Waals surface area (Å²) in [5, 5.41) is 10.2. The van der Waals surface area contributed by atoms with Crippen LogP contribution >= 0.6 is 46.4 Å². The van der Waals surface area contributed by atoms with Crippen LogP contribution in [0.15, 0.2) is 53.8 Å². The van der Waals surface area contributed by atoms with E-state index < -0.39 is 5.91 Å². The van der Waals surface area contributed by atoms with Crippen LogP contribution in [-0.2, 0) is 6.54 Å². The molecule has 3 rings (SSSR count). The first-order valence-electron chi connectivity index (χ1n) is 7.68. The van der Waals surface area contributed by atoms with E-state index in [1.807, 2.05) is 6.07 Å². The summed E-state index contributed by atoms with van der Waals surface area (Å²) < 4.78 is 1.60. The van der Waals surface area contributed by atoms with Crippen molar-refractivity contribution < 1.29 is 4.79 Å². The number of rotatable bonds is 5. The van der Waals surface area contributed by atoms with Gasteiger partial charge in [-0.2, -0.15) is 10.2 Å². The molecule has 0 fully saturated rings. The average Bonchev–Trinajstić information content (AvgIpc) is 3.08. The van der Waals surface area contributed by atoms with E-state index >= 15 is 0 Å². The summed E-state index contributed by atoms with van der Waals surface area (Å²) in [4.78, 5) is 12.2. The third-order valence-corrected chi connectivity index (χ3v) is 4.70. The number of nitrogens with zero attached hydrogens (tertiary/aromatic N) is 3. The molecule has 0 aliphatic rings. The van der Waals surface area contributed by atoms with Crippen molar-refractivity contribution in [2.24, 2.45) is 5.10 Å². The van der Waals surface area contributed by atoms with E-state index in [9.17, 15) is 4.79 Å². The molecular formula is C18H12Cl4N4O. The number of carbonyl (C=O) groups is 1. The Morgan fingerprint density at radius 2 is 1.74 bits per heavy atom. The molecule has 138 valence electrons. The van der Waals surface area contributed by atoms with E-state index in [1.165, 1.54) is 6.21 Å². The summed E-state index contributed by atoms with van der Waals surface area (Å²) in [6.07, 6.45) is 3.11. The minimum atomic E-state index is -0.447. The molecule has 0 bridgehead atoms. The first-order chi connectivity index (χ1) is 12.9. The third kappa shape index (κ3) is 5.23. The summed E-state index contributed by atoms with van der Waals surface area (Å²) in [6.45, 7) is 0.410. The molecule has 1 aromatic heterocycles. The van der Waals surface area contributed by atoms with Gasteiger partial charge in [-0.15, -0.1) is 0 Å². The Hall–Kier alpha value is -2.05. The highest BCUT2D eigenvalue weighted by Crippen LogP contribution is 2.22. The molecule has 2 aromatic carbocycles. The summed E-state index contributed by atoms with van der Waals surface area (Å²) in [5.41, 5.74) is 4.09. The minimum absolute atomic E-state index is 0.222. The molecule has 0 radical (unpaired) electrons. The molecule has 27 heavy (non-hydrogen) atoms. The molecule has 1 heterocycles. The lowest BCUT2D eigenvalue weighted by atomic mass is 10.2. The molecule has 0 saturated carbocycles. The van der Waals surface area contributed by atoms with Gasteiger partial charge < -0.3 is 0 Å². The van der Waals surface area contributed by atoms with Gasteiger partial charge in [-0.05, 0) is 35.9 Å². The molecule has 1 amide bonds. The molecule has 0 aliphatic carbocycles. The Morgan fingerprint density at radius 3 is 2.44 bits per heavy atom. The highest BCUT2D eigenvalue weighted by atomic mass is 35.5. The van der Waals surface area contributed by atoms with Gasteiger partial charge in [-0.25, -0.2) is 5.43 Å². The van der Waals surface area contributed by atoms with E-state index in [4.69, 9.17) is 46.4 Å². The zero-order valence-electron chi connectivity index (χ0n) is 13.7. The molecule has 0 aliphatic heterocycles. The Balaban J connectivity index is 1.63. The maximum atomic E-state index is 12.2. The molecule has 0 saturated heterocycles. The molecule has 0 spiro atoms. The van der Waals surface area contributed by atoms with Gasteiger partial charge in [-0.3, -0.25) is 9.48 Å². The van der Waals surface area contributed by atoms with Gasteiger partial charge in [-0.1, -0.05) is 58.5 Å². The molecule has 1 N–H and O–H groups in total. The Kier molecular flexibility index (Phi) is 6.39. The maximum Gasteiger partial charge on any atom is 0.291 e. The number of halogens is 4. The Morgan fingerprint density at radius 1 is 1.04 bits per heavy atom. The van der Waals surface area contributed by atoms with Gasteiger partial charge in [0.25, 0.3) is 5.91 Å². The van der Waals surface area contributed by atoms with Gasteiger partial charge in [0, 0.05) is 26.8 Å². The standard InChI is InChI=1S/C18H12Cl4N4O/c19-13-3-1-11(15(21)7-13)9-23-24-18(27)17-5-6-26(25-17)10-12-2-4-14(20)8-16(12)22/h1-9H,10H2,(H,24,27)/b23-9-. The summed E-state index contributed by atoms with van der Waals surface area (Å²) in [7, 11) is 0. The first kappa shape index (κ1) is 19.7. The van der Waals surface area contributed by atoms with Crippen molar-refractivity contribution in [2.75, 3.05) is 0 Å². The van der Waals surface area contributed by atoms with Crippen LogP contribution in [0.2, 0.25) is 20.1 Å². The maximum absolute atomic E-state index is 12.2. The number of aromatic nitrogens is 2. The van der Waals surface area contributed by atoms with Crippen LogP contribution in [0.5, 0.6) is 0 Å². The lowest BCUT2D eigenvalue weighted by Crippen LogP contribution is -2.18. The lowest BCUT2D eigenvalue weighted by Gasteiger charge is -2.05. The summed E-state index contributed by atoms with van der Waals surface area (Å²) >= 11 is 23.9. The lowest BCUT2D eigenvalue weighted by molar-refractivity contribution is 0.0949. The van der Waals surface area contributed by atoms with Gasteiger partial charge in [0.15, 0.2) is 5.69 Å². The van der Waals surface area contributed by atoms with E-state index in [1.54, 1.807) is 47.3 Å². The van der Waals surface area contributed by atoms with Crippen LogP contribution in [0.25, 0.3) is 0 Å². The van der Waals surface area contributed by atoms with Crippen LogP contribution in [0.1, 0.15) is 21.6 Å². The monoisotopic (exact) mass is 440 g/mol. The number of amides is 1. The molecule has 3 aromatic rings. The average molecular weight is 442 g/mol. The Bertz CT molecular complexity index is 1020. The van der Waals surface area contributed by atoms with Crippen molar-refractivity contribution in [3.8, 4) is 0 Å². The molecule has 9 heteroatoms. The van der Waals surface area contributed by atoms with Crippen molar-refractivity contribution in [2.45, 2.75) is 6.54 Å². The predicted molar refractivity (Wildman–Crippen MR) is 109 cm³/mol. The SMILES string of the molecule is O=C(N/N=C\c1ccc(Cl)cc1Cl)c1ccn(Cc2ccc(Cl)cc2Cl)n1. The van der Waals surface area contributed by atoms with E-state index in [0.717, 1.165) is 5.56 Å². The molecular weight excluding hydrogens is 430 g/mol. The fourth-order valence-electron chi connectivity index (χ4n) is 2.22. The van der Waals surface area contributed by atoms with E-state index in [-0.39, 0.29) is 5.69 Å². The van der Waals surface area contributed by atoms with E-state index in [2.05, 4.69) is 15.6 Å². The number of carbonyl (C=O) groups excluding carboxylic acids is 1. The molecule has 0 atom stereocenters. The fourth-order valence-corrected chi connectivity index (χ4v) is 3.14. The van der Waals surface area contributed by atoms with Crippen molar-refractivity contribution in [3.05, 3.63) is 85.6 Å². The van der Waals surface area contributed by atoms with E-state index in [0.29, 0.717) is 32.2 Å². The number of hydrogen-bond acceptors (Lipinski definition) is 3. The van der Waals surface area contributed by atoms with Crippen molar-refractivity contribution >= 4 is 58.5 Å². The topological polar surface area (TPSA) is 59.3 Å². The number of nitrogens with one attached hydrogen (secondary N) is 1. The van der Waals surface area contributed by atoms with Gasteiger partial charge >= 0.3 is 0 Å². The van der Waals surface area contributed by atoms with Gasteiger partial charge in [0.2, 0.25) is 0 Å². The third-order valence-electron chi connectivity index (χ3n) is 3.55. The largest absolute Gasteiger partial charge is 0.291 e. The first-order valence-corrected chi connectivity index (χ1v) is 9.19. The zero-order valence-corrected chi connectivity index (χ0v) is 16.7. The summed E-state index contributed by atoms with van der Waals surface area (Å²) in [5.74, 6) is -0.447. The van der Waals surface area contributed by atoms with Gasteiger partial charge in [0.1, 0.15) is 0 Å². The second-order valence-electron chi connectivity index (χ2n) is 5.50. The number of hydrazone groups is 1. The minimum Gasteiger partial charge on any atom is -0.267 e. The fraction of sp³-hybridized carbons (Fsp3) is 0.0556. The summed E-state index contributed by atoms with van der Waals surface area (Å²) in [6, 6.07) is 11.8. The number of hydrogen-bond donors (Lipinski definition) is 1. The smallest absolute Gasteiger partial charge is 0.267 e. The second-order valence-corrected chi connectivity index (χ2v) is 7.19. The molecule has 5 nitrogen and oxygen atoms in total. The van der Waals surface area contributed by atoms with Crippen LogP contribution in [0, 0.1) is 0 Å². The van der Waals surface area contributed by atoms with Crippen LogP contribution in [-0.4, -0.2) is 21.9 Å². The van der Waals surface area contributed by atoms with Crippen molar-refractivity contribution in [1.29, 1.82) is 0 Å². The molecule has 0 unspecified atom stereocenters. The van der Waals surface area contributed by atoms with Crippen LogP contribution < -0.4 is 5.43 Å². The quantitative estimate of drug-likeness (QED) is 0.430. The number of benzene rings is 2. The van der Waals surface area contributed by atoms with Crippen molar-refractivity contribution in [1.82, 2.24) is 15.2 Å². The van der Waals surface area contributed by atoms with Crippen LogP contribution in [0.3, 0.4) is 0 Å². The highest BCUT2D eigenvalue weighted by molar-refractivity contribution is 6.36. The predicted octanol–water partition coefficient (Wildman–Crippen LogP) is 5.31. The second kappa shape index (κ2) is 8.76. The normalized spacial score (nSPS) is 11.1. The van der Waals surface area contributed by atoms with Crippen molar-refractivity contribution in [3.63, 3.8) is 0 Å².